The van der Waals surface area contributed by atoms with E-state index in [0.29, 0.717) is 6.42 Å². The summed E-state index contributed by atoms with van der Waals surface area (Å²) >= 11 is 0. The minimum absolute atomic E-state index is 0.124. The zero-order valence-corrected chi connectivity index (χ0v) is 9.77. The zero-order valence-electron chi connectivity index (χ0n) is 9.77. The molecule has 3 nitrogen and oxygen atoms in total. The van der Waals surface area contributed by atoms with Gasteiger partial charge in [0.25, 0.3) is 0 Å². The molecule has 3 heteroatoms. The first-order valence-electron chi connectivity index (χ1n) is 5.58. The molecule has 1 atom stereocenters. The Kier molecular flexibility index (Phi) is 3.28. The summed E-state index contributed by atoms with van der Waals surface area (Å²) in [6.45, 7) is 5.39. The van der Waals surface area contributed by atoms with Gasteiger partial charge >= 0.3 is 5.97 Å². The van der Waals surface area contributed by atoms with Crippen LogP contribution in [0.15, 0.2) is 43.3 Å². The number of carbonyl (C=O) groups is 1. The molecule has 0 saturated carbocycles. The number of fused-ring (bicyclic) bond motifs is 1. The summed E-state index contributed by atoms with van der Waals surface area (Å²) in [6, 6.07) is 8.05. The Bertz CT molecular complexity index is 542. The molecule has 0 spiro atoms. The van der Waals surface area contributed by atoms with Crippen LogP contribution in [0, 0.1) is 0 Å². The highest BCUT2D eigenvalue weighted by Gasteiger charge is 2.15. The molecule has 0 bridgehead atoms. The summed E-state index contributed by atoms with van der Waals surface area (Å²) < 4.78 is 4.74. The molecule has 2 aromatic rings. The number of aromatic amines is 1. The molecule has 0 fully saturated rings. The highest BCUT2D eigenvalue weighted by atomic mass is 16.5. The van der Waals surface area contributed by atoms with Crippen LogP contribution in [-0.2, 0) is 9.53 Å². The molecule has 0 aliphatic heterocycles. The minimum Gasteiger partial charge on any atom is -0.435 e. The number of ether oxygens (including phenoxy) is 1. The topological polar surface area (TPSA) is 42.1 Å². The molecule has 0 radical (unpaired) electrons. The minimum atomic E-state index is -0.252. The largest absolute Gasteiger partial charge is 0.435 e. The van der Waals surface area contributed by atoms with Crippen LogP contribution in [-0.4, -0.2) is 11.0 Å². The van der Waals surface area contributed by atoms with Gasteiger partial charge in [-0.2, -0.15) is 0 Å². The lowest BCUT2D eigenvalue weighted by Crippen LogP contribution is -2.05. The predicted molar refractivity (Wildman–Crippen MR) is 67.6 cm³/mol. The quantitative estimate of drug-likeness (QED) is 0.645. The molecule has 1 aromatic heterocycles. The Hall–Kier alpha value is -2.03. The van der Waals surface area contributed by atoms with Gasteiger partial charge in [0.05, 0.1) is 12.7 Å². The average molecular weight is 229 g/mol. The van der Waals surface area contributed by atoms with E-state index >= 15 is 0 Å². The lowest BCUT2D eigenvalue weighted by molar-refractivity contribution is -0.138. The molecule has 1 heterocycles. The van der Waals surface area contributed by atoms with Gasteiger partial charge in [0.15, 0.2) is 0 Å². The Morgan fingerprint density at radius 1 is 1.53 bits per heavy atom. The van der Waals surface area contributed by atoms with Crippen LogP contribution in [0.5, 0.6) is 0 Å². The normalized spacial score (nSPS) is 12.3. The average Bonchev–Trinajstić information content (AvgIpc) is 2.72. The Labute approximate surface area is 100 Å². The van der Waals surface area contributed by atoms with Gasteiger partial charge < -0.3 is 9.72 Å². The molecule has 1 unspecified atom stereocenters. The number of para-hydroxylation sites is 1. The SMILES string of the molecule is C=COC(=O)CC(C)c1c[nH]c2ccccc12. The van der Waals surface area contributed by atoms with E-state index in [9.17, 15) is 4.79 Å². The van der Waals surface area contributed by atoms with E-state index < -0.39 is 0 Å². The Balaban J connectivity index is 2.21. The van der Waals surface area contributed by atoms with Crippen molar-refractivity contribution in [3.05, 3.63) is 48.9 Å². The van der Waals surface area contributed by atoms with Crippen molar-refractivity contribution in [3.63, 3.8) is 0 Å². The van der Waals surface area contributed by atoms with Gasteiger partial charge in [-0.1, -0.05) is 31.7 Å². The second kappa shape index (κ2) is 4.87. The van der Waals surface area contributed by atoms with Crippen molar-refractivity contribution in [2.24, 2.45) is 0 Å². The summed E-state index contributed by atoms with van der Waals surface area (Å²) in [7, 11) is 0. The number of esters is 1. The van der Waals surface area contributed by atoms with Crippen molar-refractivity contribution in [2.75, 3.05) is 0 Å². The summed E-state index contributed by atoms with van der Waals surface area (Å²) in [6.07, 6.45) is 3.48. The van der Waals surface area contributed by atoms with Gasteiger partial charge in [-0.3, -0.25) is 4.79 Å². The maximum atomic E-state index is 11.4. The third kappa shape index (κ3) is 2.38. The van der Waals surface area contributed by atoms with E-state index in [1.165, 1.54) is 6.26 Å². The van der Waals surface area contributed by atoms with E-state index in [2.05, 4.69) is 17.6 Å². The summed E-state index contributed by atoms with van der Waals surface area (Å²) in [5.41, 5.74) is 2.23. The molecule has 1 aromatic carbocycles. The van der Waals surface area contributed by atoms with Crippen molar-refractivity contribution in [1.29, 1.82) is 0 Å². The van der Waals surface area contributed by atoms with Crippen LogP contribution < -0.4 is 0 Å². The second-order valence-corrected chi connectivity index (χ2v) is 4.05. The van der Waals surface area contributed by atoms with Gasteiger partial charge in [0, 0.05) is 17.1 Å². The Morgan fingerprint density at radius 2 is 2.29 bits per heavy atom. The molecular formula is C14H15NO2. The van der Waals surface area contributed by atoms with Crippen LogP contribution >= 0.6 is 0 Å². The van der Waals surface area contributed by atoms with Gasteiger partial charge in [-0.25, -0.2) is 0 Å². The maximum absolute atomic E-state index is 11.4. The van der Waals surface area contributed by atoms with Gasteiger partial charge in [0.2, 0.25) is 0 Å². The fourth-order valence-corrected chi connectivity index (χ4v) is 2.00. The van der Waals surface area contributed by atoms with Crippen molar-refractivity contribution < 1.29 is 9.53 Å². The second-order valence-electron chi connectivity index (χ2n) is 4.05. The summed E-state index contributed by atoms with van der Waals surface area (Å²) in [5, 5.41) is 1.16. The first-order chi connectivity index (χ1) is 8.22. The van der Waals surface area contributed by atoms with E-state index in [0.717, 1.165) is 16.5 Å². The molecule has 0 aliphatic rings. The molecule has 2 rings (SSSR count). The van der Waals surface area contributed by atoms with Crippen LogP contribution in [0.1, 0.15) is 24.8 Å². The summed E-state index contributed by atoms with van der Waals surface area (Å²) in [4.78, 5) is 14.6. The summed E-state index contributed by atoms with van der Waals surface area (Å²) in [5.74, 6) is -0.128. The van der Waals surface area contributed by atoms with Crippen LogP contribution in [0.3, 0.4) is 0 Å². The number of rotatable bonds is 4. The smallest absolute Gasteiger partial charge is 0.311 e. The molecule has 0 aliphatic carbocycles. The standard InChI is InChI=1S/C14H15NO2/c1-3-17-14(16)8-10(2)12-9-15-13-7-5-4-6-11(12)13/h3-7,9-10,15H,1,8H2,2H3. The van der Waals surface area contributed by atoms with Crippen molar-refractivity contribution in [1.82, 2.24) is 4.98 Å². The zero-order chi connectivity index (χ0) is 12.3. The van der Waals surface area contributed by atoms with E-state index in [1.807, 2.05) is 31.3 Å². The number of benzene rings is 1. The lowest BCUT2D eigenvalue weighted by atomic mass is 9.97. The fourth-order valence-electron chi connectivity index (χ4n) is 2.00. The van der Waals surface area contributed by atoms with Gasteiger partial charge in [-0.05, 0) is 17.5 Å². The van der Waals surface area contributed by atoms with E-state index in [-0.39, 0.29) is 11.9 Å². The molecule has 88 valence electrons. The fraction of sp³-hybridized carbons (Fsp3) is 0.214. The molecule has 17 heavy (non-hydrogen) atoms. The number of H-pyrrole nitrogens is 1. The highest BCUT2D eigenvalue weighted by molar-refractivity contribution is 5.84. The number of nitrogens with one attached hydrogen (secondary N) is 1. The third-order valence-electron chi connectivity index (χ3n) is 2.84. The van der Waals surface area contributed by atoms with Crippen LogP contribution in [0.2, 0.25) is 0 Å². The number of hydrogen-bond donors (Lipinski definition) is 1. The number of hydrogen-bond acceptors (Lipinski definition) is 2. The monoisotopic (exact) mass is 229 g/mol. The van der Waals surface area contributed by atoms with Gasteiger partial charge in [0.1, 0.15) is 0 Å². The maximum Gasteiger partial charge on any atom is 0.311 e. The Morgan fingerprint density at radius 3 is 3.06 bits per heavy atom. The van der Waals surface area contributed by atoms with Gasteiger partial charge in [-0.15, -0.1) is 0 Å². The number of aromatic nitrogens is 1. The molecule has 1 N–H and O–H groups in total. The molecule has 0 amide bonds. The molecule has 0 saturated heterocycles. The number of carbonyl (C=O) groups excluding carboxylic acids is 1. The predicted octanol–water partition coefficient (Wildman–Crippen LogP) is 3.35. The molecular weight excluding hydrogens is 214 g/mol. The van der Waals surface area contributed by atoms with Crippen LogP contribution in [0.25, 0.3) is 10.9 Å². The van der Waals surface area contributed by atoms with E-state index in [1.54, 1.807) is 0 Å². The first-order valence-corrected chi connectivity index (χ1v) is 5.58. The third-order valence-corrected chi connectivity index (χ3v) is 2.84. The van der Waals surface area contributed by atoms with Crippen molar-refractivity contribution >= 4 is 16.9 Å². The van der Waals surface area contributed by atoms with Crippen LogP contribution in [0.4, 0.5) is 0 Å². The van der Waals surface area contributed by atoms with E-state index in [4.69, 9.17) is 4.74 Å². The highest BCUT2D eigenvalue weighted by Crippen LogP contribution is 2.27. The van der Waals surface area contributed by atoms with Crippen molar-refractivity contribution in [2.45, 2.75) is 19.3 Å². The van der Waals surface area contributed by atoms with Crippen molar-refractivity contribution in [3.8, 4) is 0 Å². The first kappa shape index (κ1) is 11.5. The lowest BCUT2D eigenvalue weighted by Gasteiger charge is -2.08.